The summed E-state index contributed by atoms with van der Waals surface area (Å²) in [5, 5.41) is 5.44. The van der Waals surface area contributed by atoms with Crippen molar-refractivity contribution in [3.8, 4) is 16.8 Å². The molecule has 10 rings (SSSR count). The van der Waals surface area contributed by atoms with Gasteiger partial charge in [-0.2, -0.15) is 0 Å². The summed E-state index contributed by atoms with van der Waals surface area (Å²) >= 11 is 0. The first-order chi connectivity index (χ1) is 21.6. The Morgan fingerprint density at radius 2 is 1.48 bits per heavy atom. The van der Waals surface area contributed by atoms with Crippen molar-refractivity contribution in [2.24, 2.45) is 0 Å². The van der Waals surface area contributed by atoms with Gasteiger partial charge in [-0.05, 0) is 86.8 Å². The van der Waals surface area contributed by atoms with Gasteiger partial charge < -0.3 is 4.57 Å². The van der Waals surface area contributed by atoms with Crippen molar-refractivity contribution in [1.82, 2.24) is 4.57 Å². The van der Waals surface area contributed by atoms with Gasteiger partial charge in [-0.3, -0.25) is 0 Å². The average molecular weight is 564 g/mol. The molecule has 4 aliphatic rings. The molecule has 1 aromatic heterocycles. The standard InChI is InChI=1S/C43H33N/c1-43(2)36-23-13-12-18-29(36)34-24-35-38(25-37(34)43)44(26-14-4-3-5-15-26)42-40(35)33-22-11-10-21-32(33)39-30-19-8-6-16-27(30)28-17-7-9-20-31(28)41(39)42/h3-12,14-22,24-25,28,31H,13,23H2,1-2H3. The van der Waals surface area contributed by atoms with Crippen molar-refractivity contribution in [3.63, 3.8) is 0 Å². The molecule has 0 saturated carbocycles. The van der Waals surface area contributed by atoms with E-state index in [9.17, 15) is 0 Å². The maximum atomic E-state index is 2.61. The third-order valence-corrected chi connectivity index (χ3v) is 11.1. The zero-order valence-electron chi connectivity index (χ0n) is 25.1. The Bertz CT molecular complexity index is 2350. The summed E-state index contributed by atoms with van der Waals surface area (Å²) in [4.78, 5) is 0. The maximum absolute atomic E-state index is 2.61. The minimum atomic E-state index is 0.0179. The van der Waals surface area contributed by atoms with Crippen LogP contribution in [0.15, 0.2) is 133 Å². The van der Waals surface area contributed by atoms with Gasteiger partial charge in [0.05, 0.1) is 11.0 Å². The molecule has 6 aromatic rings. The van der Waals surface area contributed by atoms with E-state index >= 15 is 0 Å². The van der Waals surface area contributed by atoms with Crippen molar-refractivity contribution >= 4 is 38.2 Å². The van der Waals surface area contributed by atoms with E-state index in [2.05, 4.69) is 146 Å². The van der Waals surface area contributed by atoms with Crippen molar-refractivity contribution < 1.29 is 0 Å². The predicted molar refractivity (Wildman–Crippen MR) is 186 cm³/mol. The molecule has 0 fully saturated rings. The Morgan fingerprint density at radius 1 is 0.727 bits per heavy atom. The quantitative estimate of drug-likeness (QED) is 0.187. The molecule has 2 unspecified atom stereocenters. The summed E-state index contributed by atoms with van der Waals surface area (Å²) in [7, 11) is 0. The molecule has 210 valence electrons. The Morgan fingerprint density at radius 3 is 2.34 bits per heavy atom. The Labute approximate surface area is 258 Å². The second-order valence-electron chi connectivity index (χ2n) is 13.5. The smallest absolute Gasteiger partial charge is 0.0592 e. The van der Waals surface area contributed by atoms with E-state index in [1.54, 1.807) is 5.57 Å². The van der Waals surface area contributed by atoms with Crippen LogP contribution in [0.5, 0.6) is 0 Å². The number of benzene rings is 5. The van der Waals surface area contributed by atoms with Crippen LogP contribution in [0.2, 0.25) is 0 Å². The zero-order valence-corrected chi connectivity index (χ0v) is 25.1. The summed E-state index contributed by atoms with van der Waals surface area (Å²) in [6.07, 6.45) is 16.4. The van der Waals surface area contributed by atoms with E-state index in [0.29, 0.717) is 5.92 Å². The van der Waals surface area contributed by atoms with Gasteiger partial charge in [-0.1, -0.05) is 123 Å². The van der Waals surface area contributed by atoms with E-state index < -0.39 is 0 Å². The maximum Gasteiger partial charge on any atom is 0.0592 e. The lowest BCUT2D eigenvalue weighted by atomic mass is 9.68. The average Bonchev–Trinajstić information content (AvgIpc) is 3.53. The highest BCUT2D eigenvalue weighted by atomic mass is 15.0. The van der Waals surface area contributed by atoms with E-state index in [1.165, 1.54) is 77.2 Å². The molecule has 0 amide bonds. The van der Waals surface area contributed by atoms with Crippen LogP contribution in [0.3, 0.4) is 0 Å². The van der Waals surface area contributed by atoms with Crippen LogP contribution >= 0.6 is 0 Å². The lowest BCUT2D eigenvalue weighted by Gasteiger charge is -2.35. The lowest BCUT2D eigenvalue weighted by Crippen LogP contribution is -2.18. The molecule has 1 heterocycles. The van der Waals surface area contributed by atoms with Gasteiger partial charge >= 0.3 is 0 Å². The summed E-state index contributed by atoms with van der Waals surface area (Å²) < 4.78 is 2.61. The highest BCUT2D eigenvalue weighted by Crippen LogP contribution is 2.57. The molecule has 4 aliphatic carbocycles. The van der Waals surface area contributed by atoms with Crippen LogP contribution in [0.4, 0.5) is 0 Å². The normalized spacial score (nSPS) is 20.6. The summed E-state index contributed by atoms with van der Waals surface area (Å²) in [6.45, 7) is 4.87. The molecule has 5 aromatic carbocycles. The Hall–Kier alpha value is -4.88. The van der Waals surface area contributed by atoms with Crippen LogP contribution < -0.4 is 0 Å². The van der Waals surface area contributed by atoms with E-state index in [4.69, 9.17) is 0 Å². The van der Waals surface area contributed by atoms with Crippen LogP contribution in [-0.4, -0.2) is 4.57 Å². The Kier molecular flexibility index (Phi) is 4.80. The monoisotopic (exact) mass is 563 g/mol. The molecule has 0 spiro atoms. The van der Waals surface area contributed by atoms with Gasteiger partial charge in [0.2, 0.25) is 0 Å². The van der Waals surface area contributed by atoms with E-state index in [1.807, 2.05) is 0 Å². The first-order valence-electron chi connectivity index (χ1n) is 16.1. The van der Waals surface area contributed by atoms with Crippen LogP contribution in [0.25, 0.3) is 55.0 Å². The number of aromatic nitrogens is 1. The molecule has 0 radical (unpaired) electrons. The minimum absolute atomic E-state index is 0.0179. The topological polar surface area (TPSA) is 4.93 Å². The van der Waals surface area contributed by atoms with Crippen molar-refractivity contribution in [1.29, 1.82) is 0 Å². The molecule has 0 N–H and O–H groups in total. The zero-order chi connectivity index (χ0) is 29.2. The lowest BCUT2D eigenvalue weighted by molar-refractivity contribution is 0.608. The number of rotatable bonds is 1. The fourth-order valence-electron chi connectivity index (χ4n) is 9.17. The number of hydrogen-bond acceptors (Lipinski definition) is 0. The molecule has 44 heavy (non-hydrogen) atoms. The minimum Gasteiger partial charge on any atom is -0.309 e. The molecule has 0 aliphatic heterocycles. The SMILES string of the molecule is CC1(C)C2=C(C=CCC2)c2cc3c4c5ccccc5c5c(c4n(-c4ccccc4)c3cc21)C1C=CC=CC1c1ccccc1-5. The van der Waals surface area contributed by atoms with Gasteiger partial charge in [0.25, 0.3) is 0 Å². The van der Waals surface area contributed by atoms with E-state index in [-0.39, 0.29) is 11.3 Å². The van der Waals surface area contributed by atoms with Crippen LogP contribution in [-0.2, 0) is 5.41 Å². The van der Waals surface area contributed by atoms with Crippen molar-refractivity contribution in [2.75, 3.05) is 0 Å². The molecule has 1 heteroatoms. The van der Waals surface area contributed by atoms with Gasteiger partial charge in [0.15, 0.2) is 0 Å². The largest absolute Gasteiger partial charge is 0.309 e. The predicted octanol–water partition coefficient (Wildman–Crippen LogP) is 11.3. The number of para-hydroxylation sites is 1. The van der Waals surface area contributed by atoms with Gasteiger partial charge in [-0.15, -0.1) is 0 Å². The molecular weight excluding hydrogens is 530 g/mol. The highest BCUT2D eigenvalue weighted by Gasteiger charge is 2.40. The highest BCUT2D eigenvalue weighted by molar-refractivity contribution is 6.27. The number of fused-ring (bicyclic) bond motifs is 15. The third-order valence-electron chi connectivity index (χ3n) is 11.1. The molecule has 1 nitrogen and oxygen atoms in total. The van der Waals surface area contributed by atoms with Crippen molar-refractivity contribution in [2.45, 2.75) is 43.9 Å². The van der Waals surface area contributed by atoms with Gasteiger partial charge in [-0.25, -0.2) is 0 Å². The fraction of sp³-hybridized carbons (Fsp3) is 0.163. The first-order valence-corrected chi connectivity index (χ1v) is 16.1. The van der Waals surface area contributed by atoms with E-state index in [0.717, 1.165) is 12.8 Å². The van der Waals surface area contributed by atoms with Crippen LogP contribution in [0, 0.1) is 0 Å². The third kappa shape index (κ3) is 3.00. The second kappa shape index (κ2) is 8.61. The van der Waals surface area contributed by atoms with Gasteiger partial charge in [0, 0.05) is 33.7 Å². The molecule has 0 saturated heterocycles. The summed E-state index contributed by atoms with van der Waals surface area (Å²) in [5.74, 6) is 0.585. The molecule has 0 bridgehead atoms. The number of hydrogen-bond donors (Lipinski definition) is 0. The second-order valence-corrected chi connectivity index (χ2v) is 13.5. The number of nitrogens with zero attached hydrogens (tertiary/aromatic N) is 1. The van der Waals surface area contributed by atoms with Gasteiger partial charge in [0.1, 0.15) is 0 Å². The fourth-order valence-corrected chi connectivity index (χ4v) is 9.17. The van der Waals surface area contributed by atoms with Crippen LogP contribution in [0.1, 0.15) is 60.8 Å². The summed E-state index contributed by atoms with van der Waals surface area (Å²) in [6, 6.07) is 34.5. The first kappa shape index (κ1) is 24.6. The molecular formula is C43H33N. The number of allylic oxidation sites excluding steroid dienone is 8. The van der Waals surface area contributed by atoms with Crippen molar-refractivity contribution in [3.05, 3.63) is 155 Å². The Balaban J connectivity index is 1.47. The summed E-state index contributed by atoms with van der Waals surface area (Å²) in [5.41, 5.74) is 15.5. The molecule has 2 atom stereocenters.